The molecule has 0 aliphatic rings. The Morgan fingerprint density at radius 2 is 2.05 bits per heavy atom. The average molecular weight is 278 g/mol. The van der Waals surface area contributed by atoms with Crippen molar-refractivity contribution in [3.8, 4) is 0 Å². The van der Waals surface area contributed by atoms with E-state index in [1.165, 1.54) is 4.88 Å². The topological polar surface area (TPSA) is 47.1 Å². The number of hydrogen-bond acceptors (Lipinski definition) is 4. The van der Waals surface area contributed by atoms with Crippen molar-refractivity contribution in [3.05, 3.63) is 28.1 Å². The van der Waals surface area contributed by atoms with E-state index in [9.17, 15) is 0 Å². The molecule has 2 aromatic heterocycles. The summed E-state index contributed by atoms with van der Waals surface area (Å²) in [5.41, 5.74) is 7.89. The Hall–Kier alpha value is -1.49. The largest absolute Gasteiger partial charge is 0.394 e. The van der Waals surface area contributed by atoms with Crippen LogP contribution >= 0.6 is 11.3 Å². The summed E-state index contributed by atoms with van der Waals surface area (Å²) in [5, 5.41) is 6.65. The zero-order chi connectivity index (χ0) is 14.2. The van der Waals surface area contributed by atoms with Crippen LogP contribution in [0.3, 0.4) is 0 Å². The van der Waals surface area contributed by atoms with Crippen LogP contribution in [-0.2, 0) is 0 Å². The van der Waals surface area contributed by atoms with Crippen LogP contribution in [0.2, 0.25) is 0 Å². The van der Waals surface area contributed by atoms with Gasteiger partial charge in [0.2, 0.25) is 0 Å². The first-order chi connectivity index (χ1) is 8.93. The summed E-state index contributed by atoms with van der Waals surface area (Å²) in [4.78, 5) is 3.54. The maximum atomic E-state index is 6.21. The minimum Gasteiger partial charge on any atom is -0.394 e. The first-order valence-corrected chi connectivity index (χ1v) is 7.42. The molecule has 104 valence electrons. The molecule has 0 aliphatic heterocycles. The van der Waals surface area contributed by atoms with Gasteiger partial charge in [0, 0.05) is 18.0 Å². The van der Waals surface area contributed by atoms with E-state index < -0.39 is 0 Å². The van der Waals surface area contributed by atoms with Crippen LogP contribution in [0.25, 0.3) is 0 Å². The Kier molecular flexibility index (Phi) is 3.85. The SMILES string of the molecule is Cc1nn(C(C)C)c(N(C)C(C)c2cccs2)c1N. The molecule has 1 unspecified atom stereocenters. The standard InChI is InChI=1S/C14H22N4S/c1-9(2)18-14(13(15)10(3)16-18)17(5)11(4)12-7-6-8-19-12/h6-9,11H,15H2,1-5H3. The van der Waals surface area contributed by atoms with Gasteiger partial charge in [-0.3, -0.25) is 0 Å². The van der Waals surface area contributed by atoms with Crippen molar-refractivity contribution in [3.63, 3.8) is 0 Å². The van der Waals surface area contributed by atoms with Gasteiger partial charge >= 0.3 is 0 Å². The highest BCUT2D eigenvalue weighted by atomic mass is 32.1. The van der Waals surface area contributed by atoms with E-state index in [0.717, 1.165) is 17.2 Å². The number of thiophene rings is 1. The minimum atomic E-state index is 0.288. The number of hydrogen-bond donors (Lipinski definition) is 1. The second-order valence-corrected chi connectivity index (χ2v) is 6.14. The van der Waals surface area contributed by atoms with Gasteiger partial charge in [0.05, 0.1) is 17.4 Å². The highest BCUT2D eigenvalue weighted by Gasteiger charge is 2.22. The molecular weight excluding hydrogens is 256 g/mol. The van der Waals surface area contributed by atoms with E-state index in [1.807, 2.05) is 11.6 Å². The number of nitrogen functional groups attached to an aromatic ring is 1. The first-order valence-electron chi connectivity index (χ1n) is 6.54. The molecule has 0 bridgehead atoms. The molecule has 1 atom stereocenters. The van der Waals surface area contributed by atoms with Crippen LogP contribution in [0.15, 0.2) is 17.5 Å². The summed E-state index contributed by atoms with van der Waals surface area (Å²) in [6.07, 6.45) is 0. The lowest BCUT2D eigenvalue weighted by Crippen LogP contribution is -2.25. The molecule has 2 rings (SSSR count). The number of nitrogens with two attached hydrogens (primary N) is 1. The fraction of sp³-hybridized carbons (Fsp3) is 0.500. The van der Waals surface area contributed by atoms with Crippen molar-refractivity contribution in [2.24, 2.45) is 0 Å². The predicted octanol–water partition coefficient (Wildman–Crippen LogP) is 3.61. The summed E-state index contributed by atoms with van der Waals surface area (Å²) in [6.45, 7) is 8.40. The van der Waals surface area contributed by atoms with Gasteiger partial charge in [-0.2, -0.15) is 5.10 Å². The van der Waals surface area contributed by atoms with Gasteiger partial charge in [0.25, 0.3) is 0 Å². The van der Waals surface area contributed by atoms with Crippen LogP contribution in [0, 0.1) is 6.92 Å². The monoisotopic (exact) mass is 278 g/mol. The van der Waals surface area contributed by atoms with Gasteiger partial charge in [-0.05, 0) is 39.1 Å². The zero-order valence-electron chi connectivity index (χ0n) is 12.2. The summed E-state index contributed by atoms with van der Waals surface area (Å²) in [5.74, 6) is 1.01. The van der Waals surface area contributed by atoms with Crippen LogP contribution in [0.5, 0.6) is 0 Å². The normalized spacial score (nSPS) is 12.9. The molecule has 2 aromatic rings. The van der Waals surface area contributed by atoms with Gasteiger partial charge in [0.1, 0.15) is 0 Å². The predicted molar refractivity (Wildman–Crippen MR) is 82.9 cm³/mol. The highest BCUT2D eigenvalue weighted by molar-refractivity contribution is 7.10. The van der Waals surface area contributed by atoms with Crippen molar-refractivity contribution >= 4 is 22.8 Å². The third-order valence-electron chi connectivity index (χ3n) is 3.46. The Morgan fingerprint density at radius 1 is 1.37 bits per heavy atom. The van der Waals surface area contributed by atoms with Crippen LogP contribution in [0.1, 0.15) is 43.4 Å². The van der Waals surface area contributed by atoms with E-state index in [1.54, 1.807) is 11.3 Å². The van der Waals surface area contributed by atoms with Gasteiger partial charge < -0.3 is 10.6 Å². The van der Waals surface area contributed by atoms with Crippen LogP contribution in [0.4, 0.5) is 11.5 Å². The van der Waals surface area contributed by atoms with Crippen molar-refractivity contribution < 1.29 is 0 Å². The Balaban J connectivity index is 2.41. The van der Waals surface area contributed by atoms with Crippen molar-refractivity contribution in [1.82, 2.24) is 9.78 Å². The molecule has 0 amide bonds. The summed E-state index contributed by atoms with van der Waals surface area (Å²) in [7, 11) is 2.08. The Bertz CT molecular complexity index is 542. The average Bonchev–Trinajstić information content (AvgIpc) is 2.97. The molecule has 0 saturated carbocycles. The van der Waals surface area contributed by atoms with Gasteiger partial charge in [-0.25, -0.2) is 4.68 Å². The molecular formula is C14H22N4S. The van der Waals surface area contributed by atoms with Crippen LogP contribution in [-0.4, -0.2) is 16.8 Å². The minimum absolute atomic E-state index is 0.288. The van der Waals surface area contributed by atoms with Crippen LogP contribution < -0.4 is 10.6 Å². The lowest BCUT2D eigenvalue weighted by atomic mass is 10.2. The highest BCUT2D eigenvalue weighted by Crippen LogP contribution is 2.34. The third kappa shape index (κ3) is 2.47. The van der Waals surface area contributed by atoms with E-state index in [2.05, 4.69) is 55.3 Å². The maximum Gasteiger partial charge on any atom is 0.151 e. The fourth-order valence-corrected chi connectivity index (χ4v) is 2.99. The van der Waals surface area contributed by atoms with E-state index in [-0.39, 0.29) is 6.04 Å². The number of anilines is 2. The van der Waals surface area contributed by atoms with E-state index >= 15 is 0 Å². The molecule has 0 spiro atoms. The van der Waals surface area contributed by atoms with Gasteiger partial charge in [-0.15, -0.1) is 11.3 Å². The lowest BCUT2D eigenvalue weighted by molar-refractivity contribution is 0.519. The molecule has 4 nitrogen and oxygen atoms in total. The zero-order valence-corrected chi connectivity index (χ0v) is 13.0. The molecule has 0 aromatic carbocycles. The molecule has 0 aliphatic carbocycles. The quantitative estimate of drug-likeness (QED) is 0.929. The molecule has 0 radical (unpaired) electrons. The number of rotatable bonds is 4. The lowest BCUT2D eigenvalue weighted by Gasteiger charge is -2.28. The molecule has 19 heavy (non-hydrogen) atoms. The van der Waals surface area contributed by atoms with Gasteiger partial charge in [-0.1, -0.05) is 6.07 Å². The summed E-state index contributed by atoms with van der Waals surface area (Å²) in [6, 6.07) is 4.82. The van der Waals surface area contributed by atoms with E-state index in [4.69, 9.17) is 5.73 Å². The van der Waals surface area contributed by atoms with Crippen molar-refractivity contribution in [1.29, 1.82) is 0 Å². The third-order valence-corrected chi connectivity index (χ3v) is 4.51. The van der Waals surface area contributed by atoms with Gasteiger partial charge in [0.15, 0.2) is 5.82 Å². The maximum absolute atomic E-state index is 6.21. The molecule has 2 N–H and O–H groups in total. The number of aryl methyl sites for hydroxylation is 1. The van der Waals surface area contributed by atoms with Crippen molar-refractivity contribution in [2.75, 3.05) is 17.7 Å². The second kappa shape index (κ2) is 5.25. The fourth-order valence-electron chi connectivity index (χ4n) is 2.16. The molecule has 5 heteroatoms. The summed E-state index contributed by atoms with van der Waals surface area (Å²) < 4.78 is 2.01. The van der Waals surface area contributed by atoms with E-state index in [0.29, 0.717) is 6.04 Å². The first kappa shape index (κ1) is 13.9. The Labute approximate surface area is 118 Å². The molecule has 0 fully saturated rings. The molecule has 0 saturated heterocycles. The smallest absolute Gasteiger partial charge is 0.151 e. The number of nitrogens with zero attached hydrogens (tertiary/aromatic N) is 3. The molecule has 2 heterocycles. The summed E-state index contributed by atoms with van der Waals surface area (Å²) >= 11 is 1.77. The Morgan fingerprint density at radius 3 is 2.58 bits per heavy atom. The number of aromatic nitrogens is 2. The van der Waals surface area contributed by atoms with Crippen molar-refractivity contribution in [2.45, 2.75) is 39.8 Å². The second-order valence-electron chi connectivity index (χ2n) is 5.16.